The van der Waals surface area contributed by atoms with E-state index in [0.29, 0.717) is 28.0 Å². The Morgan fingerprint density at radius 2 is 1.94 bits per heavy atom. The molecule has 1 N–H and O–H groups in total. The average Bonchev–Trinajstić information content (AvgIpc) is 3.26. The van der Waals surface area contributed by atoms with Crippen molar-refractivity contribution >= 4 is 35.4 Å². The molecule has 1 amide bonds. The smallest absolute Gasteiger partial charge is 0.409 e. The lowest BCUT2D eigenvalue weighted by molar-refractivity contribution is -0.143. The molecule has 1 unspecified atom stereocenters. The number of amides is 1. The third-order valence-electron chi connectivity index (χ3n) is 4.71. The van der Waals surface area contributed by atoms with Crippen LogP contribution in [0.1, 0.15) is 20.8 Å². The molecule has 184 valence electrons. The number of nitrogens with one attached hydrogen (secondary N) is 1. The summed E-state index contributed by atoms with van der Waals surface area (Å²) in [7, 11) is 1.26. The molecule has 1 aromatic carbocycles. The van der Waals surface area contributed by atoms with Crippen LogP contribution >= 0.6 is 23.4 Å². The molecule has 1 aliphatic rings. The van der Waals surface area contributed by atoms with E-state index in [4.69, 9.17) is 25.8 Å². The number of aromatic nitrogens is 5. The quantitative estimate of drug-likeness (QED) is 0.365. The Bertz CT molecular complexity index is 1210. The Morgan fingerprint density at radius 3 is 2.57 bits per heavy atom. The predicted molar refractivity (Wildman–Crippen MR) is 128 cm³/mol. The zero-order valence-corrected chi connectivity index (χ0v) is 21.0. The first kappa shape index (κ1) is 24.7. The second-order valence-corrected chi connectivity index (χ2v) is 10.5. The van der Waals surface area contributed by atoms with Gasteiger partial charge in [-0.05, 0) is 56.3 Å². The summed E-state index contributed by atoms with van der Waals surface area (Å²) in [5.41, 5.74) is -0.0725. The first-order chi connectivity index (χ1) is 16.6. The van der Waals surface area contributed by atoms with Crippen LogP contribution < -0.4 is 10.1 Å². The molecule has 3 aromatic rings. The molecule has 2 atom stereocenters. The lowest BCUT2D eigenvalue weighted by Crippen LogP contribution is -2.48. The van der Waals surface area contributed by atoms with E-state index < -0.39 is 22.5 Å². The lowest BCUT2D eigenvalue weighted by atomic mass is 10.2. The number of esters is 1. The van der Waals surface area contributed by atoms with E-state index in [1.807, 2.05) is 0 Å². The number of carbonyl (C=O) groups excluding carboxylic acids is 2. The van der Waals surface area contributed by atoms with Crippen molar-refractivity contribution < 1.29 is 23.8 Å². The van der Waals surface area contributed by atoms with Gasteiger partial charge in [-0.1, -0.05) is 11.6 Å². The minimum Gasteiger partial charge on any atom is -0.467 e. The second-order valence-electron chi connectivity index (χ2n) is 8.57. The van der Waals surface area contributed by atoms with Crippen molar-refractivity contribution in [1.29, 1.82) is 0 Å². The van der Waals surface area contributed by atoms with Gasteiger partial charge in [0, 0.05) is 22.8 Å². The monoisotopic (exact) mass is 518 g/mol. The largest absolute Gasteiger partial charge is 0.467 e. The Balaban J connectivity index is 1.40. The van der Waals surface area contributed by atoms with Gasteiger partial charge in [-0.15, -0.1) is 22.0 Å². The zero-order chi connectivity index (χ0) is 25.2. The fraction of sp³-hybridized carbons (Fsp3) is 0.364. The molecule has 1 aliphatic heterocycles. The van der Waals surface area contributed by atoms with Crippen LogP contribution in [0.4, 0.5) is 4.79 Å². The minimum atomic E-state index is -1.27. The van der Waals surface area contributed by atoms with Crippen LogP contribution in [0, 0.1) is 0 Å². The molecule has 1 fully saturated rings. The number of methoxy groups -OCH3 is 1. The van der Waals surface area contributed by atoms with Crippen LogP contribution in [0.5, 0.6) is 11.6 Å². The molecule has 0 aliphatic carbocycles. The van der Waals surface area contributed by atoms with Crippen LogP contribution in [-0.2, 0) is 20.8 Å². The van der Waals surface area contributed by atoms with Crippen LogP contribution in [-0.4, -0.2) is 60.1 Å². The van der Waals surface area contributed by atoms with Gasteiger partial charge in [0.2, 0.25) is 16.6 Å². The van der Waals surface area contributed by atoms with Crippen molar-refractivity contribution in [2.75, 3.05) is 7.11 Å². The van der Waals surface area contributed by atoms with Gasteiger partial charge in [-0.3, -0.25) is 5.32 Å². The minimum absolute atomic E-state index is 0.216. The van der Waals surface area contributed by atoms with Gasteiger partial charge in [-0.25, -0.2) is 14.6 Å². The molecule has 0 spiro atoms. The van der Waals surface area contributed by atoms with E-state index in [-0.39, 0.29) is 11.8 Å². The van der Waals surface area contributed by atoms with Crippen LogP contribution in [0.25, 0.3) is 11.4 Å². The molecule has 11 nitrogen and oxygen atoms in total. The highest BCUT2D eigenvalue weighted by atomic mass is 35.5. The molecule has 0 bridgehead atoms. The number of hydrogen-bond donors (Lipinski definition) is 1. The highest BCUT2D eigenvalue weighted by Crippen LogP contribution is 2.53. The Morgan fingerprint density at radius 1 is 1.20 bits per heavy atom. The number of nitrogens with zero attached hydrogens (tertiary/aromatic N) is 5. The van der Waals surface area contributed by atoms with Crippen LogP contribution in [0.15, 0.2) is 42.6 Å². The van der Waals surface area contributed by atoms with Crippen LogP contribution in [0.3, 0.4) is 0 Å². The van der Waals surface area contributed by atoms with Gasteiger partial charge in [0.25, 0.3) is 0 Å². The van der Waals surface area contributed by atoms with E-state index in [9.17, 15) is 9.59 Å². The summed E-state index contributed by atoms with van der Waals surface area (Å²) < 4.78 is 15.8. The number of hydrogen-bond acceptors (Lipinski definition) is 10. The number of rotatable bonds is 7. The summed E-state index contributed by atoms with van der Waals surface area (Å²) in [4.78, 5) is 29.0. The normalized spacial score (nSPS) is 19.1. The highest BCUT2D eigenvalue weighted by Gasteiger charge is 2.65. The SMILES string of the molecule is COC(=O)[C@@]1(NC(=O)OC(C)(C)C)SC1Cn1nnc(-c2ccc(Oc3ccc(Cl)cc3)nc2)n1. The molecule has 1 saturated heterocycles. The fourth-order valence-electron chi connectivity index (χ4n) is 3.08. The van der Waals surface area contributed by atoms with Crippen molar-refractivity contribution in [3.05, 3.63) is 47.6 Å². The summed E-state index contributed by atoms with van der Waals surface area (Å²) in [6.07, 6.45) is 0.860. The standard InChI is InChI=1S/C22H23ClN6O5S/c1-21(2,3)34-20(31)25-22(19(30)32-4)16(35-22)12-29-27-18(26-28-29)13-5-10-17(24-11-13)33-15-8-6-14(23)7-9-15/h5-11,16H,12H2,1-4H3,(H,25,31)/t16?,22-/m0/s1. The van der Waals surface area contributed by atoms with Crippen molar-refractivity contribution in [3.8, 4) is 23.0 Å². The van der Waals surface area contributed by atoms with E-state index in [1.165, 1.54) is 23.7 Å². The number of carbonyl (C=O) groups is 2. The van der Waals surface area contributed by atoms with Gasteiger partial charge in [0.15, 0.2) is 0 Å². The number of thioether (sulfide) groups is 1. The molecule has 0 radical (unpaired) electrons. The molecule has 13 heteroatoms. The third kappa shape index (κ3) is 6.01. The summed E-state index contributed by atoms with van der Waals surface area (Å²) in [6, 6.07) is 10.4. The van der Waals surface area contributed by atoms with E-state index in [2.05, 4.69) is 25.7 Å². The number of tetrazole rings is 1. The number of pyridine rings is 1. The summed E-state index contributed by atoms with van der Waals surface area (Å²) in [6.45, 7) is 5.43. The maximum atomic E-state index is 12.4. The predicted octanol–water partition coefficient (Wildman–Crippen LogP) is 3.69. The van der Waals surface area contributed by atoms with Gasteiger partial charge in [0.05, 0.1) is 18.9 Å². The molecule has 2 aromatic heterocycles. The molecular formula is C22H23ClN6O5S. The molecule has 3 heterocycles. The van der Waals surface area contributed by atoms with Crippen molar-refractivity contribution in [2.45, 2.75) is 43.0 Å². The number of halogens is 1. The van der Waals surface area contributed by atoms with Crippen molar-refractivity contribution in [3.63, 3.8) is 0 Å². The topological polar surface area (TPSA) is 130 Å². The lowest BCUT2D eigenvalue weighted by Gasteiger charge is -2.22. The highest BCUT2D eigenvalue weighted by molar-refractivity contribution is 8.09. The second kappa shape index (κ2) is 9.70. The Hall–Kier alpha value is -3.38. The first-order valence-corrected chi connectivity index (χ1v) is 11.8. The maximum absolute atomic E-state index is 12.4. The van der Waals surface area contributed by atoms with Gasteiger partial charge in [0.1, 0.15) is 11.4 Å². The molecule has 4 rings (SSSR count). The van der Waals surface area contributed by atoms with Gasteiger partial charge in [-0.2, -0.15) is 4.80 Å². The van der Waals surface area contributed by atoms with Crippen molar-refractivity contribution in [1.82, 2.24) is 30.5 Å². The van der Waals surface area contributed by atoms with Gasteiger partial charge < -0.3 is 14.2 Å². The summed E-state index contributed by atoms with van der Waals surface area (Å²) in [5, 5.41) is 15.4. The average molecular weight is 519 g/mol. The number of ether oxygens (including phenoxy) is 3. The molecular weight excluding hydrogens is 496 g/mol. The van der Waals surface area contributed by atoms with E-state index in [1.54, 1.807) is 63.4 Å². The number of benzene rings is 1. The summed E-state index contributed by atoms with van der Waals surface area (Å²) in [5.74, 6) is 0.771. The fourth-order valence-corrected chi connectivity index (χ4v) is 4.35. The van der Waals surface area contributed by atoms with Gasteiger partial charge >= 0.3 is 12.1 Å². The summed E-state index contributed by atoms with van der Waals surface area (Å²) >= 11 is 7.11. The Labute approximate surface area is 210 Å². The van der Waals surface area contributed by atoms with E-state index >= 15 is 0 Å². The first-order valence-electron chi connectivity index (χ1n) is 10.5. The third-order valence-corrected chi connectivity index (χ3v) is 6.42. The Kier molecular flexibility index (Phi) is 6.86. The maximum Gasteiger partial charge on any atom is 0.409 e. The van der Waals surface area contributed by atoms with E-state index in [0.717, 1.165) is 0 Å². The van der Waals surface area contributed by atoms with Crippen molar-refractivity contribution in [2.24, 2.45) is 0 Å². The number of alkyl carbamates (subject to hydrolysis) is 1. The molecule has 35 heavy (non-hydrogen) atoms. The van der Waals surface area contributed by atoms with Crippen LogP contribution in [0.2, 0.25) is 5.02 Å². The zero-order valence-electron chi connectivity index (χ0n) is 19.4. The molecule has 0 saturated carbocycles.